The lowest BCUT2D eigenvalue weighted by Crippen LogP contribution is -2.43. The molecule has 1 fully saturated rings. The molecule has 3 aromatic rings. The molecule has 3 heterocycles. The topological polar surface area (TPSA) is 85.4 Å². The summed E-state index contributed by atoms with van der Waals surface area (Å²) >= 11 is 0. The van der Waals surface area contributed by atoms with Gasteiger partial charge in [-0.25, -0.2) is 9.67 Å². The Labute approximate surface area is 188 Å². The molecule has 1 amide bonds. The molecule has 0 radical (unpaired) electrons. The second kappa shape index (κ2) is 9.67. The predicted molar refractivity (Wildman–Crippen MR) is 121 cm³/mol. The van der Waals surface area contributed by atoms with Crippen molar-refractivity contribution >= 4 is 5.91 Å². The fourth-order valence-corrected chi connectivity index (χ4v) is 4.08. The third-order valence-corrected chi connectivity index (χ3v) is 5.79. The number of aryl methyl sites for hydroxylation is 2. The maximum absolute atomic E-state index is 13.0. The Bertz CT molecular complexity index is 1070. The Kier molecular flexibility index (Phi) is 6.72. The third-order valence-electron chi connectivity index (χ3n) is 5.79. The minimum Gasteiger partial charge on any atom is -0.465 e. The van der Waals surface area contributed by atoms with Gasteiger partial charge in [0.2, 0.25) is 5.82 Å². The Morgan fingerprint density at radius 2 is 1.88 bits per heavy atom. The number of carbonyl (C=O) groups excluding carboxylic acids is 1. The largest absolute Gasteiger partial charge is 0.465 e. The number of nitrogens with one attached hydrogen (secondary N) is 1. The van der Waals surface area contributed by atoms with E-state index in [1.165, 1.54) is 0 Å². The molecular formula is C24H31N5O3. The van der Waals surface area contributed by atoms with Crippen molar-refractivity contribution in [2.24, 2.45) is 0 Å². The van der Waals surface area contributed by atoms with E-state index in [1.54, 1.807) is 4.68 Å². The van der Waals surface area contributed by atoms with Gasteiger partial charge >= 0.3 is 0 Å². The van der Waals surface area contributed by atoms with Crippen LogP contribution in [0.4, 0.5) is 0 Å². The van der Waals surface area contributed by atoms with E-state index in [-0.39, 0.29) is 17.8 Å². The normalized spacial score (nSPS) is 15.8. The first kappa shape index (κ1) is 22.2. The molecular weight excluding hydrogens is 406 g/mol. The summed E-state index contributed by atoms with van der Waals surface area (Å²) in [5, 5.41) is 7.54. The molecule has 8 nitrogen and oxygen atoms in total. The number of ether oxygens (including phenoxy) is 1. The number of hydrogen-bond acceptors (Lipinski definition) is 6. The molecule has 0 bridgehead atoms. The van der Waals surface area contributed by atoms with Crippen LogP contribution in [-0.2, 0) is 4.74 Å². The van der Waals surface area contributed by atoms with E-state index in [1.807, 2.05) is 44.2 Å². The predicted octanol–water partition coefficient (Wildman–Crippen LogP) is 3.40. The van der Waals surface area contributed by atoms with Crippen molar-refractivity contribution in [3.63, 3.8) is 0 Å². The summed E-state index contributed by atoms with van der Waals surface area (Å²) < 4.78 is 13.1. The average molecular weight is 438 g/mol. The standard InChI is InChI=1S/C24H31N5O3/c1-16(2)19-7-5-6-8-20(19)29-18(4)26-23(27-29)24(30)25-15-21(22-10-9-17(3)32-22)28-11-13-31-14-12-28/h5-10,16,21H,11-15H2,1-4H3,(H,25,30). The van der Waals surface area contributed by atoms with E-state index in [0.717, 1.165) is 35.9 Å². The van der Waals surface area contributed by atoms with Crippen LogP contribution in [-0.4, -0.2) is 58.4 Å². The van der Waals surface area contributed by atoms with Gasteiger partial charge in [-0.3, -0.25) is 9.69 Å². The zero-order valence-electron chi connectivity index (χ0n) is 19.2. The number of rotatable bonds is 7. The van der Waals surface area contributed by atoms with Gasteiger partial charge in [0.1, 0.15) is 17.3 Å². The first-order valence-electron chi connectivity index (χ1n) is 11.1. The van der Waals surface area contributed by atoms with Crippen molar-refractivity contribution in [1.29, 1.82) is 0 Å². The van der Waals surface area contributed by atoms with Gasteiger partial charge < -0.3 is 14.5 Å². The zero-order valence-corrected chi connectivity index (χ0v) is 19.2. The fourth-order valence-electron chi connectivity index (χ4n) is 4.08. The molecule has 1 atom stereocenters. The highest BCUT2D eigenvalue weighted by Crippen LogP contribution is 2.24. The lowest BCUT2D eigenvalue weighted by molar-refractivity contribution is 0.0116. The van der Waals surface area contributed by atoms with Crippen LogP contribution in [0.2, 0.25) is 0 Å². The highest BCUT2D eigenvalue weighted by atomic mass is 16.5. The molecule has 1 aliphatic rings. The van der Waals surface area contributed by atoms with E-state index >= 15 is 0 Å². The van der Waals surface area contributed by atoms with Crippen molar-refractivity contribution in [3.05, 3.63) is 65.1 Å². The van der Waals surface area contributed by atoms with Crippen LogP contribution in [0.25, 0.3) is 5.69 Å². The molecule has 1 N–H and O–H groups in total. The highest BCUT2D eigenvalue weighted by molar-refractivity contribution is 5.90. The Balaban J connectivity index is 1.52. The summed E-state index contributed by atoms with van der Waals surface area (Å²) in [4.78, 5) is 19.7. The van der Waals surface area contributed by atoms with Crippen LogP contribution >= 0.6 is 0 Å². The van der Waals surface area contributed by atoms with Crippen molar-refractivity contribution in [2.75, 3.05) is 32.8 Å². The molecule has 8 heteroatoms. The molecule has 2 aromatic heterocycles. The minimum absolute atomic E-state index is 0.0681. The van der Waals surface area contributed by atoms with Gasteiger partial charge in [0, 0.05) is 19.6 Å². The molecule has 1 aliphatic heterocycles. The lowest BCUT2D eigenvalue weighted by Gasteiger charge is -2.33. The summed E-state index contributed by atoms with van der Waals surface area (Å²) in [6.07, 6.45) is 0. The number of hydrogen-bond donors (Lipinski definition) is 1. The van der Waals surface area contributed by atoms with E-state index in [2.05, 4.69) is 40.2 Å². The first-order chi connectivity index (χ1) is 15.4. The Morgan fingerprint density at radius 1 is 1.12 bits per heavy atom. The summed E-state index contributed by atoms with van der Waals surface area (Å²) in [6, 6.07) is 11.9. The van der Waals surface area contributed by atoms with Crippen molar-refractivity contribution < 1.29 is 13.9 Å². The van der Waals surface area contributed by atoms with Crippen LogP contribution < -0.4 is 5.32 Å². The number of benzene rings is 1. The van der Waals surface area contributed by atoms with Crippen LogP contribution in [0.1, 0.15) is 59.3 Å². The maximum Gasteiger partial charge on any atom is 0.291 e. The molecule has 1 unspecified atom stereocenters. The zero-order chi connectivity index (χ0) is 22.7. The Morgan fingerprint density at radius 3 is 2.56 bits per heavy atom. The van der Waals surface area contributed by atoms with Gasteiger partial charge in [0.05, 0.1) is 24.9 Å². The molecule has 0 saturated carbocycles. The van der Waals surface area contributed by atoms with E-state index in [9.17, 15) is 4.79 Å². The van der Waals surface area contributed by atoms with Crippen LogP contribution in [0.5, 0.6) is 0 Å². The molecule has 0 aliphatic carbocycles. The first-order valence-corrected chi connectivity index (χ1v) is 11.1. The van der Waals surface area contributed by atoms with E-state index < -0.39 is 0 Å². The number of amides is 1. The summed E-state index contributed by atoms with van der Waals surface area (Å²) in [5.41, 5.74) is 2.11. The van der Waals surface area contributed by atoms with Crippen LogP contribution in [0.3, 0.4) is 0 Å². The van der Waals surface area contributed by atoms with E-state index in [0.29, 0.717) is 31.5 Å². The van der Waals surface area contributed by atoms with Gasteiger partial charge in [-0.15, -0.1) is 5.10 Å². The highest BCUT2D eigenvalue weighted by Gasteiger charge is 2.27. The second-order valence-corrected chi connectivity index (χ2v) is 8.43. The molecule has 0 spiro atoms. The molecule has 1 aromatic carbocycles. The monoisotopic (exact) mass is 437 g/mol. The third kappa shape index (κ3) is 4.76. The second-order valence-electron chi connectivity index (χ2n) is 8.43. The van der Waals surface area contributed by atoms with Gasteiger partial charge in [0.15, 0.2) is 0 Å². The van der Waals surface area contributed by atoms with Crippen molar-refractivity contribution in [3.8, 4) is 5.69 Å². The fraction of sp³-hybridized carbons (Fsp3) is 0.458. The maximum atomic E-state index is 13.0. The number of morpholine rings is 1. The number of nitrogens with zero attached hydrogens (tertiary/aromatic N) is 4. The molecule has 4 rings (SSSR count). The lowest BCUT2D eigenvalue weighted by atomic mass is 10.0. The van der Waals surface area contributed by atoms with E-state index in [4.69, 9.17) is 9.15 Å². The molecule has 32 heavy (non-hydrogen) atoms. The number of furan rings is 1. The molecule has 170 valence electrons. The Hall–Kier alpha value is -2.97. The number of carbonyl (C=O) groups is 1. The molecule has 1 saturated heterocycles. The van der Waals surface area contributed by atoms with Crippen LogP contribution in [0.15, 0.2) is 40.8 Å². The van der Waals surface area contributed by atoms with Gasteiger partial charge in [-0.05, 0) is 43.5 Å². The quantitative estimate of drug-likeness (QED) is 0.610. The van der Waals surface area contributed by atoms with Gasteiger partial charge in [-0.1, -0.05) is 32.0 Å². The summed E-state index contributed by atoms with van der Waals surface area (Å²) in [5.74, 6) is 2.57. The average Bonchev–Trinajstić information content (AvgIpc) is 3.40. The smallest absolute Gasteiger partial charge is 0.291 e. The summed E-state index contributed by atoms with van der Waals surface area (Å²) in [6.45, 7) is 11.4. The van der Waals surface area contributed by atoms with Crippen molar-refractivity contribution in [1.82, 2.24) is 25.0 Å². The van der Waals surface area contributed by atoms with Gasteiger partial charge in [-0.2, -0.15) is 0 Å². The summed E-state index contributed by atoms with van der Waals surface area (Å²) in [7, 11) is 0. The SMILES string of the molecule is Cc1ccc(C(CNC(=O)c2nc(C)n(-c3ccccc3C(C)C)n2)N2CCOCC2)o1. The van der Waals surface area contributed by atoms with Crippen molar-refractivity contribution in [2.45, 2.75) is 39.7 Å². The number of para-hydroxylation sites is 1. The number of aromatic nitrogens is 3. The van der Waals surface area contributed by atoms with Gasteiger partial charge in [0.25, 0.3) is 5.91 Å². The van der Waals surface area contributed by atoms with Crippen LogP contribution in [0, 0.1) is 13.8 Å². The minimum atomic E-state index is -0.296.